The maximum absolute atomic E-state index is 11.2. The largest absolute Gasteiger partial charge is 0.481 e. The van der Waals surface area contributed by atoms with Crippen LogP contribution in [0.3, 0.4) is 0 Å². The second kappa shape index (κ2) is 8.10. The molecule has 0 aromatic heterocycles. The van der Waals surface area contributed by atoms with Crippen molar-refractivity contribution in [1.29, 1.82) is 0 Å². The fraction of sp³-hybridized carbons (Fsp3) is 0.818. The van der Waals surface area contributed by atoms with Crippen molar-refractivity contribution in [2.75, 3.05) is 13.1 Å². The van der Waals surface area contributed by atoms with Crippen LogP contribution in [-0.4, -0.2) is 30.1 Å². The Morgan fingerprint density at radius 1 is 1.38 bits per heavy atom. The van der Waals surface area contributed by atoms with Crippen molar-refractivity contribution in [2.24, 2.45) is 17.6 Å². The molecule has 0 aromatic carbocycles. The molecular weight excluding hydrogens is 208 g/mol. The van der Waals surface area contributed by atoms with Gasteiger partial charge in [-0.05, 0) is 18.3 Å². The smallest absolute Gasteiger partial charge is 0.303 e. The van der Waals surface area contributed by atoms with Crippen LogP contribution in [0.4, 0.5) is 0 Å². The lowest BCUT2D eigenvalue weighted by molar-refractivity contribution is -0.138. The maximum atomic E-state index is 11.2. The highest BCUT2D eigenvalue weighted by Gasteiger charge is 2.15. The first-order valence-electron chi connectivity index (χ1n) is 5.64. The molecule has 0 unspecified atom stereocenters. The fourth-order valence-electron chi connectivity index (χ4n) is 1.63. The molecule has 0 aliphatic carbocycles. The van der Waals surface area contributed by atoms with Crippen molar-refractivity contribution < 1.29 is 14.7 Å². The van der Waals surface area contributed by atoms with Gasteiger partial charge in [-0.2, -0.15) is 0 Å². The summed E-state index contributed by atoms with van der Waals surface area (Å²) < 4.78 is 0. The molecule has 0 rings (SSSR count). The number of rotatable bonds is 8. The Hall–Kier alpha value is -1.10. The van der Waals surface area contributed by atoms with Gasteiger partial charge in [0.2, 0.25) is 5.91 Å². The maximum Gasteiger partial charge on any atom is 0.303 e. The Morgan fingerprint density at radius 2 is 2.00 bits per heavy atom. The monoisotopic (exact) mass is 230 g/mol. The molecule has 0 aliphatic rings. The quantitative estimate of drug-likeness (QED) is 0.569. The van der Waals surface area contributed by atoms with Gasteiger partial charge in [-0.3, -0.25) is 9.59 Å². The number of hydrogen-bond donors (Lipinski definition) is 3. The zero-order valence-electron chi connectivity index (χ0n) is 10.0. The highest BCUT2D eigenvalue weighted by atomic mass is 16.4. The van der Waals surface area contributed by atoms with Gasteiger partial charge < -0.3 is 16.2 Å². The van der Waals surface area contributed by atoms with Crippen LogP contribution in [0.1, 0.15) is 33.1 Å². The third-order valence-corrected chi connectivity index (χ3v) is 2.23. The van der Waals surface area contributed by atoms with Gasteiger partial charge in [0.1, 0.15) is 0 Å². The first-order chi connectivity index (χ1) is 7.45. The fourth-order valence-corrected chi connectivity index (χ4v) is 1.63. The van der Waals surface area contributed by atoms with E-state index >= 15 is 0 Å². The van der Waals surface area contributed by atoms with E-state index in [4.69, 9.17) is 10.8 Å². The van der Waals surface area contributed by atoms with Crippen molar-refractivity contribution >= 4 is 11.9 Å². The summed E-state index contributed by atoms with van der Waals surface area (Å²) in [6, 6.07) is 0. The Bertz CT molecular complexity index is 229. The minimum atomic E-state index is -0.821. The molecule has 5 heteroatoms. The highest BCUT2D eigenvalue weighted by Crippen LogP contribution is 2.14. The third kappa shape index (κ3) is 8.23. The van der Waals surface area contributed by atoms with E-state index in [1.54, 1.807) is 0 Å². The molecule has 5 nitrogen and oxygen atoms in total. The van der Waals surface area contributed by atoms with Crippen LogP contribution >= 0.6 is 0 Å². The van der Waals surface area contributed by atoms with E-state index in [2.05, 4.69) is 5.32 Å². The molecule has 0 radical (unpaired) electrons. The Morgan fingerprint density at radius 3 is 2.44 bits per heavy atom. The average molecular weight is 230 g/mol. The van der Waals surface area contributed by atoms with Crippen molar-refractivity contribution in [2.45, 2.75) is 33.1 Å². The van der Waals surface area contributed by atoms with Gasteiger partial charge in [0, 0.05) is 25.9 Å². The highest BCUT2D eigenvalue weighted by molar-refractivity contribution is 5.76. The van der Waals surface area contributed by atoms with Crippen molar-refractivity contribution in [1.82, 2.24) is 5.32 Å². The van der Waals surface area contributed by atoms with E-state index in [-0.39, 0.29) is 18.2 Å². The van der Waals surface area contributed by atoms with Gasteiger partial charge in [0.15, 0.2) is 0 Å². The van der Waals surface area contributed by atoms with Gasteiger partial charge in [-0.15, -0.1) is 0 Å². The number of nitrogens with one attached hydrogen (secondary N) is 1. The van der Waals surface area contributed by atoms with Crippen LogP contribution in [-0.2, 0) is 9.59 Å². The minimum absolute atomic E-state index is 0.000718. The molecule has 1 atom stereocenters. The number of amides is 1. The van der Waals surface area contributed by atoms with Gasteiger partial charge in [-0.25, -0.2) is 0 Å². The van der Waals surface area contributed by atoms with E-state index in [0.29, 0.717) is 25.4 Å². The summed E-state index contributed by atoms with van der Waals surface area (Å²) in [5.74, 6) is -0.504. The molecule has 0 fully saturated rings. The van der Waals surface area contributed by atoms with E-state index in [9.17, 15) is 9.59 Å². The normalized spacial score (nSPS) is 12.5. The lowest BCUT2D eigenvalue weighted by Crippen LogP contribution is -2.32. The molecule has 0 saturated carbocycles. The van der Waals surface area contributed by atoms with Crippen molar-refractivity contribution in [3.05, 3.63) is 0 Å². The van der Waals surface area contributed by atoms with Crippen LogP contribution in [0.2, 0.25) is 0 Å². The van der Waals surface area contributed by atoms with Crippen LogP contribution in [0.15, 0.2) is 0 Å². The Kier molecular flexibility index (Phi) is 7.54. The summed E-state index contributed by atoms with van der Waals surface area (Å²) >= 11 is 0. The zero-order chi connectivity index (χ0) is 12.6. The van der Waals surface area contributed by atoms with E-state index in [1.807, 2.05) is 13.8 Å². The van der Waals surface area contributed by atoms with Gasteiger partial charge in [-0.1, -0.05) is 13.8 Å². The van der Waals surface area contributed by atoms with E-state index in [1.165, 1.54) is 0 Å². The molecule has 0 saturated heterocycles. The lowest BCUT2D eigenvalue weighted by Gasteiger charge is -2.17. The number of aliphatic carboxylic acids is 1. The molecule has 0 bridgehead atoms. The second-order valence-corrected chi connectivity index (χ2v) is 4.44. The molecule has 0 aromatic rings. The predicted octanol–water partition coefficient (Wildman–Crippen LogP) is 0.588. The summed E-state index contributed by atoms with van der Waals surface area (Å²) in [4.78, 5) is 21.8. The molecule has 0 aliphatic heterocycles. The van der Waals surface area contributed by atoms with Gasteiger partial charge >= 0.3 is 5.97 Å². The predicted molar refractivity (Wildman–Crippen MR) is 61.9 cm³/mol. The summed E-state index contributed by atoms with van der Waals surface area (Å²) in [5, 5.41) is 11.4. The van der Waals surface area contributed by atoms with Crippen LogP contribution < -0.4 is 11.1 Å². The van der Waals surface area contributed by atoms with Gasteiger partial charge in [0.25, 0.3) is 0 Å². The summed E-state index contributed by atoms with van der Waals surface area (Å²) in [5.41, 5.74) is 5.24. The topological polar surface area (TPSA) is 92.4 Å². The summed E-state index contributed by atoms with van der Waals surface area (Å²) in [6.45, 7) is 4.82. The molecule has 94 valence electrons. The molecular formula is C11H22N2O3. The van der Waals surface area contributed by atoms with Crippen LogP contribution in [0.25, 0.3) is 0 Å². The molecule has 0 heterocycles. The van der Waals surface area contributed by atoms with Crippen molar-refractivity contribution in [3.8, 4) is 0 Å². The number of nitrogens with two attached hydrogens (primary N) is 1. The molecule has 16 heavy (non-hydrogen) atoms. The standard InChI is InChI=1S/C11H22N2O3/c1-8(2)5-9(6-11(15)16)7-13-10(14)3-4-12/h8-9H,3-7,12H2,1-2H3,(H,13,14)(H,15,16)/t9-/m0/s1. The van der Waals surface area contributed by atoms with Crippen molar-refractivity contribution in [3.63, 3.8) is 0 Å². The number of hydrogen-bond acceptors (Lipinski definition) is 3. The van der Waals surface area contributed by atoms with E-state index < -0.39 is 5.97 Å². The lowest BCUT2D eigenvalue weighted by atomic mass is 9.94. The first kappa shape index (κ1) is 14.9. The van der Waals surface area contributed by atoms with E-state index in [0.717, 1.165) is 6.42 Å². The molecule has 4 N–H and O–H groups in total. The van der Waals surface area contributed by atoms with Crippen LogP contribution in [0, 0.1) is 11.8 Å². The average Bonchev–Trinajstić information content (AvgIpc) is 2.13. The number of carbonyl (C=O) groups is 2. The van der Waals surface area contributed by atoms with Gasteiger partial charge in [0.05, 0.1) is 0 Å². The molecule has 1 amide bonds. The SMILES string of the molecule is CC(C)C[C@H](CNC(=O)CCN)CC(=O)O. The summed E-state index contributed by atoms with van der Waals surface area (Å²) in [6.07, 6.45) is 1.19. The third-order valence-electron chi connectivity index (χ3n) is 2.23. The Balaban J connectivity index is 4.00. The second-order valence-electron chi connectivity index (χ2n) is 4.44. The number of carboxylic acids is 1. The molecule has 0 spiro atoms. The number of carbonyl (C=O) groups excluding carboxylic acids is 1. The first-order valence-corrected chi connectivity index (χ1v) is 5.64. The zero-order valence-corrected chi connectivity index (χ0v) is 10.0. The Labute approximate surface area is 96.4 Å². The summed E-state index contributed by atoms with van der Waals surface area (Å²) in [7, 11) is 0. The van der Waals surface area contributed by atoms with Crippen LogP contribution in [0.5, 0.6) is 0 Å². The minimum Gasteiger partial charge on any atom is -0.481 e. The number of carboxylic acid groups (broad SMARTS) is 1.